The van der Waals surface area contributed by atoms with E-state index >= 15 is 0 Å². The number of nitrogens with zero attached hydrogens (tertiary/aromatic N) is 2. The molecule has 0 atom stereocenters. The van der Waals surface area contributed by atoms with E-state index in [0.29, 0.717) is 6.10 Å². The van der Waals surface area contributed by atoms with Gasteiger partial charge in [0.15, 0.2) is 0 Å². The molecule has 1 aliphatic carbocycles. The summed E-state index contributed by atoms with van der Waals surface area (Å²) in [7, 11) is 0. The first kappa shape index (κ1) is 8.71. The van der Waals surface area contributed by atoms with Crippen molar-refractivity contribution >= 4 is 11.0 Å². The van der Waals surface area contributed by atoms with E-state index in [0.717, 1.165) is 16.8 Å². The number of fused-ring (bicyclic) bond motifs is 1. The first-order valence-electron chi connectivity index (χ1n) is 5.39. The smallest absolute Gasteiger partial charge is 0.122 e. The molecule has 0 radical (unpaired) electrons. The van der Waals surface area contributed by atoms with Crippen molar-refractivity contribution in [3.63, 3.8) is 0 Å². The lowest BCUT2D eigenvalue weighted by Crippen LogP contribution is -2.10. The highest BCUT2D eigenvalue weighted by Crippen LogP contribution is 2.25. The second-order valence-electron chi connectivity index (χ2n) is 4.00. The lowest BCUT2D eigenvalue weighted by atomic mass is 10.3. The molecule has 1 N–H and O–H groups in total. The molecule has 0 saturated heterocycles. The molecular formula is C11H13N3O. The summed E-state index contributed by atoms with van der Waals surface area (Å²) >= 11 is 0. The minimum atomic E-state index is 0.398. The van der Waals surface area contributed by atoms with Gasteiger partial charge in [0.05, 0.1) is 6.10 Å². The number of H-pyrrole nitrogens is 1. The third-order valence-corrected chi connectivity index (χ3v) is 2.89. The second kappa shape index (κ2) is 3.53. The van der Waals surface area contributed by atoms with Crippen molar-refractivity contribution < 1.29 is 4.74 Å². The normalized spacial score (nSPS) is 17.3. The Labute approximate surface area is 87.6 Å². The topological polar surface area (TPSA) is 50.8 Å². The largest absolute Gasteiger partial charge is 0.490 e. The fourth-order valence-corrected chi connectivity index (χ4v) is 2.09. The van der Waals surface area contributed by atoms with Crippen LogP contribution in [0.5, 0.6) is 5.75 Å². The molecule has 1 saturated carbocycles. The molecule has 0 bridgehead atoms. The van der Waals surface area contributed by atoms with Crippen molar-refractivity contribution in [1.82, 2.24) is 15.4 Å². The first-order chi connectivity index (χ1) is 7.42. The van der Waals surface area contributed by atoms with Gasteiger partial charge in [0.2, 0.25) is 0 Å². The molecule has 4 nitrogen and oxygen atoms in total. The van der Waals surface area contributed by atoms with Gasteiger partial charge >= 0.3 is 0 Å². The number of rotatable bonds is 2. The maximum atomic E-state index is 5.87. The predicted octanol–water partition coefficient (Wildman–Crippen LogP) is 2.28. The molecule has 3 rings (SSSR count). The van der Waals surface area contributed by atoms with Crippen LogP contribution in [0.1, 0.15) is 25.7 Å². The first-order valence-corrected chi connectivity index (χ1v) is 5.39. The summed E-state index contributed by atoms with van der Waals surface area (Å²) in [5, 5.41) is 10.6. The van der Waals surface area contributed by atoms with E-state index in [2.05, 4.69) is 15.4 Å². The molecule has 0 aliphatic heterocycles. The van der Waals surface area contributed by atoms with Gasteiger partial charge in [0.25, 0.3) is 0 Å². The average molecular weight is 203 g/mol. The van der Waals surface area contributed by atoms with Crippen LogP contribution in [-0.2, 0) is 0 Å². The predicted molar refractivity (Wildman–Crippen MR) is 56.8 cm³/mol. The van der Waals surface area contributed by atoms with E-state index in [4.69, 9.17) is 4.74 Å². The van der Waals surface area contributed by atoms with Crippen molar-refractivity contribution in [3.05, 3.63) is 18.2 Å². The summed E-state index contributed by atoms with van der Waals surface area (Å²) in [6.07, 6.45) is 5.33. The number of hydrogen-bond acceptors (Lipinski definition) is 3. The van der Waals surface area contributed by atoms with Gasteiger partial charge in [-0.2, -0.15) is 15.4 Å². The molecule has 0 unspecified atom stereocenters. The third-order valence-electron chi connectivity index (χ3n) is 2.89. The van der Waals surface area contributed by atoms with E-state index in [1.165, 1.54) is 25.7 Å². The molecule has 2 aromatic rings. The molecule has 4 heteroatoms. The summed E-state index contributed by atoms with van der Waals surface area (Å²) in [6, 6.07) is 5.84. The van der Waals surface area contributed by atoms with Gasteiger partial charge < -0.3 is 4.74 Å². The zero-order valence-corrected chi connectivity index (χ0v) is 8.44. The summed E-state index contributed by atoms with van der Waals surface area (Å²) in [5.41, 5.74) is 1.75. The van der Waals surface area contributed by atoms with Crippen molar-refractivity contribution in [2.24, 2.45) is 0 Å². The van der Waals surface area contributed by atoms with Crippen LogP contribution in [0.3, 0.4) is 0 Å². The molecule has 1 aromatic carbocycles. The van der Waals surface area contributed by atoms with Crippen LogP contribution in [0.4, 0.5) is 0 Å². The maximum absolute atomic E-state index is 5.87. The highest BCUT2D eigenvalue weighted by atomic mass is 16.5. The molecule has 0 spiro atoms. The minimum absolute atomic E-state index is 0.398. The summed E-state index contributed by atoms with van der Waals surface area (Å²) in [5.74, 6) is 0.906. The Morgan fingerprint density at radius 1 is 1.13 bits per heavy atom. The Balaban J connectivity index is 1.84. The SMILES string of the molecule is c1cc2n[nH]nc2cc1OC1CCCC1. The van der Waals surface area contributed by atoms with Crippen LogP contribution in [0, 0.1) is 0 Å². The van der Waals surface area contributed by atoms with Gasteiger partial charge in [-0.05, 0) is 37.8 Å². The number of aromatic amines is 1. The molecular weight excluding hydrogens is 190 g/mol. The van der Waals surface area contributed by atoms with Crippen LogP contribution in [-0.4, -0.2) is 21.5 Å². The lowest BCUT2D eigenvalue weighted by Gasteiger charge is -2.12. The van der Waals surface area contributed by atoms with E-state index < -0.39 is 0 Å². The highest BCUT2D eigenvalue weighted by molar-refractivity contribution is 5.75. The average Bonchev–Trinajstić information content (AvgIpc) is 2.87. The van der Waals surface area contributed by atoms with E-state index in [9.17, 15) is 0 Å². The number of hydrogen-bond donors (Lipinski definition) is 1. The van der Waals surface area contributed by atoms with Crippen molar-refractivity contribution in [1.29, 1.82) is 0 Å². The molecule has 1 aliphatic rings. The maximum Gasteiger partial charge on any atom is 0.122 e. The Hall–Kier alpha value is -1.58. The Kier molecular flexibility index (Phi) is 2.05. The standard InChI is InChI=1S/C11H13N3O/c1-2-4-8(3-1)15-9-5-6-10-11(7-9)13-14-12-10/h5-8H,1-4H2,(H,12,13,14). The van der Waals surface area contributed by atoms with Gasteiger partial charge in [-0.3, -0.25) is 0 Å². The van der Waals surface area contributed by atoms with Gasteiger partial charge in [0, 0.05) is 6.07 Å². The number of aromatic nitrogens is 3. The highest BCUT2D eigenvalue weighted by Gasteiger charge is 2.16. The van der Waals surface area contributed by atoms with Gasteiger partial charge in [-0.25, -0.2) is 0 Å². The summed E-state index contributed by atoms with van der Waals surface area (Å²) in [6.45, 7) is 0. The van der Waals surface area contributed by atoms with Crippen LogP contribution < -0.4 is 4.74 Å². The van der Waals surface area contributed by atoms with E-state index in [-0.39, 0.29) is 0 Å². The number of benzene rings is 1. The van der Waals surface area contributed by atoms with Crippen molar-refractivity contribution in [3.8, 4) is 5.75 Å². The Morgan fingerprint density at radius 3 is 2.80 bits per heavy atom. The zero-order chi connectivity index (χ0) is 10.1. The molecule has 1 aromatic heterocycles. The zero-order valence-electron chi connectivity index (χ0n) is 8.44. The van der Waals surface area contributed by atoms with Crippen molar-refractivity contribution in [2.45, 2.75) is 31.8 Å². The fraction of sp³-hybridized carbons (Fsp3) is 0.455. The molecule has 0 amide bonds. The van der Waals surface area contributed by atoms with E-state index in [1.54, 1.807) is 0 Å². The summed E-state index contributed by atoms with van der Waals surface area (Å²) in [4.78, 5) is 0. The van der Waals surface area contributed by atoms with Gasteiger partial charge in [0.1, 0.15) is 16.8 Å². The van der Waals surface area contributed by atoms with Crippen LogP contribution in [0.25, 0.3) is 11.0 Å². The molecule has 1 fully saturated rings. The molecule has 15 heavy (non-hydrogen) atoms. The lowest BCUT2D eigenvalue weighted by molar-refractivity contribution is 0.210. The molecule has 1 heterocycles. The monoisotopic (exact) mass is 203 g/mol. The summed E-state index contributed by atoms with van der Waals surface area (Å²) < 4.78 is 5.87. The molecule has 78 valence electrons. The number of nitrogens with one attached hydrogen (secondary N) is 1. The van der Waals surface area contributed by atoms with Crippen LogP contribution >= 0.6 is 0 Å². The van der Waals surface area contributed by atoms with Gasteiger partial charge in [-0.15, -0.1) is 0 Å². The third kappa shape index (κ3) is 1.67. The second-order valence-corrected chi connectivity index (χ2v) is 4.00. The van der Waals surface area contributed by atoms with Crippen molar-refractivity contribution in [2.75, 3.05) is 0 Å². The minimum Gasteiger partial charge on any atom is -0.490 e. The quantitative estimate of drug-likeness (QED) is 0.814. The van der Waals surface area contributed by atoms with Crippen LogP contribution in [0.15, 0.2) is 18.2 Å². The Bertz CT molecular complexity index is 460. The van der Waals surface area contributed by atoms with Gasteiger partial charge in [-0.1, -0.05) is 0 Å². The Morgan fingerprint density at radius 2 is 1.93 bits per heavy atom. The number of ether oxygens (including phenoxy) is 1. The fourth-order valence-electron chi connectivity index (χ4n) is 2.09. The van der Waals surface area contributed by atoms with E-state index in [1.807, 2.05) is 18.2 Å². The van der Waals surface area contributed by atoms with Crippen LogP contribution in [0.2, 0.25) is 0 Å².